The first-order valence-corrected chi connectivity index (χ1v) is 18.0. The van der Waals surface area contributed by atoms with Gasteiger partial charge in [-0.25, -0.2) is 9.97 Å². The van der Waals surface area contributed by atoms with Crippen molar-refractivity contribution in [2.45, 2.75) is 5.92 Å². The zero-order chi connectivity index (χ0) is 33.2. The van der Waals surface area contributed by atoms with Crippen LogP contribution in [0.15, 0.2) is 144 Å². The molecule has 0 bridgehead atoms. The van der Waals surface area contributed by atoms with Gasteiger partial charge < -0.3 is 4.42 Å². The van der Waals surface area contributed by atoms with Crippen LogP contribution < -0.4 is 0 Å². The number of aromatic nitrogens is 2. The molecule has 1 aliphatic carbocycles. The quantitative estimate of drug-likeness (QED) is 0.185. The highest BCUT2D eigenvalue weighted by atomic mass is 32.1. The molecule has 0 saturated heterocycles. The summed E-state index contributed by atoms with van der Waals surface area (Å²) in [5.41, 5.74) is 9.95. The third-order valence-corrected chi connectivity index (χ3v) is 11.9. The first kappa shape index (κ1) is 27.3. The predicted molar refractivity (Wildman–Crippen MR) is 211 cm³/mol. The molecule has 0 saturated carbocycles. The fraction of sp³-hybridized carbons (Fsp3) is 0.0213. The zero-order valence-electron chi connectivity index (χ0n) is 27.1. The van der Waals surface area contributed by atoms with E-state index in [-0.39, 0.29) is 5.92 Å². The summed E-state index contributed by atoms with van der Waals surface area (Å²) >= 11 is 1.90. The molecule has 4 heteroatoms. The van der Waals surface area contributed by atoms with Gasteiger partial charge in [-0.15, -0.1) is 11.3 Å². The summed E-state index contributed by atoms with van der Waals surface area (Å²) in [4.78, 5) is 11.0. The van der Waals surface area contributed by atoms with E-state index < -0.39 is 0 Å². The highest BCUT2D eigenvalue weighted by Crippen LogP contribution is 2.57. The van der Waals surface area contributed by atoms with Gasteiger partial charge in [-0.1, -0.05) is 109 Å². The van der Waals surface area contributed by atoms with Gasteiger partial charge in [0.05, 0.1) is 17.3 Å². The van der Waals surface area contributed by atoms with Crippen LogP contribution in [0, 0.1) is 12.1 Å². The lowest BCUT2D eigenvalue weighted by atomic mass is 9.87. The van der Waals surface area contributed by atoms with E-state index in [9.17, 15) is 0 Å². The van der Waals surface area contributed by atoms with Gasteiger partial charge in [-0.3, -0.25) is 0 Å². The van der Waals surface area contributed by atoms with Crippen molar-refractivity contribution >= 4 is 86.0 Å². The number of nitrogens with zero attached hydrogens (tertiary/aromatic N) is 2. The molecule has 0 aliphatic heterocycles. The van der Waals surface area contributed by atoms with Gasteiger partial charge >= 0.3 is 0 Å². The molecular weight excluding hydrogens is 641 g/mol. The molecule has 8 aromatic carbocycles. The molecule has 0 fully saturated rings. The van der Waals surface area contributed by atoms with E-state index in [2.05, 4.69) is 127 Å². The first-order chi connectivity index (χ1) is 25.3. The predicted octanol–water partition coefficient (Wildman–Crippen LogP) is 12.6. The summed E-state index contributed by atoms with van der Waals surface area (Å²) < 4.78 is 8.98. The number of hydrogen-bond donors (Lipinski definition) is 0. The molecule has 234 valence electrons. The maximum Gasteiger partial charge on any atom is 0.246 e. The normalized spacial score (nSPS) is 13.9. The van der Waals surface area contributed by atoms with Crippen molar-refractivity contribution in [3.8, 4) is 22.4 Å². The SMILES string of the molecule is c1ccc2ccc(-c3nc4oc5ccccc5c4nc3C3c4ccccc4-c4c3c3sc5cc6ccccc6cc5c3c3ccccc43)cc2c#1. The molecule has 1 atom stereocenters. The van der Waals surface area contributed by atoms with Crippen LogP contribution in [0.2, 0.25) is 0 Å². The topological polar surface area (TPSA) is 38.9 Å². The maximum absolute atomic E-state index is 6.38. The second-order valence-electron chi connectivity index (χ2n) is 13.5. The second-order valence-corrected chi connectivity index (χ2v) is 14.5. The van der Waals surface area contributed by atoms with Gasteiger partial charge in [0.25, 0.3) is 0 Å². The molecule has 1 unspecified atom stereocenters. The summed E-state index contributed by atoms with van der Waals surface area (Å²) in [5.74, 6) is -0.159. The molecule has 12 rings (SSSR count). The summed E-state index contributed by atoms with van der Waals surface area (Å²) in [6.45, 7) is 0. The lowest BCUT2D eigenvalue weighted by Crippen LogP contribution is -2.07. The Morgan fingerprint density at radius 2 is 1.43 bits per heavy atom. The van der Waals surface area contributed by atoms with Crippen LogP contribution in [0.5, 0.6) is 0 Å². The zero-order valence-corrected chi connectivity index (χ0v) is 27.9. The van der Waals surface area contributed by atoms with E-state index >= 15 is 0 Å². The highest BCUT2D eigenvalue weighted by molar-refractivity contribution is 7.26. The third kappa shape index (κ3) is 3.73. The van der Waals surface area contributed by atoms with E-state index in [0.29, 0.717) is 5.71 Å². The second kappa shape index (κ2) is 10.0. The minimum Gasteiger partial charge on any atom is -0.436 e. The minimum absolute atomic E-state index is 0.159. The van der Waals surface area contributed by atoms with E-state index in [1.165, 1.54) is 64.0 Å². The fourth-order valence-corrected chi connectivity index (χ4v) is 9.88. The Balaban J connectivity index is 1.26. The van der Waals surface area contributed by atoms with Crippen molar-refractivity contribution in [3.63, 3.8) is 0 Å². The number of rotatable bonds is 2. The van der Waals surface area contributed by atoms with E-state index in [1.54, 1.807) is 0 Å². The molecule has 0 spiro atoms. The van der Waals surface area contributed by atoms with Gasteiger partial charge in [0.15, 0.2) is 0 Å². The van der Waals surface area contributed by atoms with Crippen LogP contribution in [0.25, 0.3) is 97.1 Å². The van der Waals surface area contributed by atoms with Gasteiger partial charge in [0.2, 0.25) is 5.71 Å². The largest absolute Gasteiger partial charge is 0.436 e. The Kier molecular flexibility index (Phi) is 5.36. The molecule has 0 amide bonds. The Morgan fingerprint density at radius 1 is 0.647 bits per heavy atom. The van der Waals surface area contributed by atoms with Crippen molar-refractivity contribution < 1.29 is 4.42 Å². The lowest BCUT2D eigenvalue weighted by Gasteiger charge is -2.18. The minimum atomic E-state index is -0.159. The summed E-state index contributed by atoms with van der Waals surface area (Å²) in [6, 6.07) is 56.3. The Labute approximate surface area is 296 Å². The summed E-state index contributed by atoms with van der Waals surface area (Å²) in [6.07, 6.45) is 0. The van der Waals surface area contributed by atoms with Gasteiger partial charge in [-0.2, -0.15) is 0 Å². The number of thiophene rings is 1. The van der Waals surface area contributed by atoms with Crippen LogP contribution in [-0.4, -0.2) is 9.97 Å². The molecular formula is C47H24N2OS. The van der Waals surface area contributed by atoms with Crippen LogP contribution in [0.1, 0.15) is 22.7 Å². The van der Waals surface area contributed by atoms with Crippen LogP contribution in [0.4, 0.5) is 0 Å². The Morgan fingerprint density at radius 3 is 2.35 bits per heavy atom. The lowest BCUT2D eigenvalue weighted by molar-refractivity contribution is 0.652. The standard InChI is InChI=1S/C47H24N2OS/c1-2-12-27-23-30(22-21-26(27)11-1)43-45(48-44-35-19-9-10-20-37(35)50-47(44)49-43)41-34-18-8-6-16-32(34)39-31-15-5-7-17-33(31)40-36-24-28-13-3-4-14-29(28)25-38(36)51-46(40)42(39)41/h1,3-11,13-25,41H. The maximum atomic E-state index is 6.38. The van der Waals surface area contributed by atoms with Crippen molar-refractivity contribution in [3.05, 3.63) is 168 Å². The van der Waals surface area contributed by atoms with E-state index in [4.69, 9.17) is 14.4 Å². The number of benzene rings is 7. The van der Waals surface area contributed by atoms with E-state index in [0.717, 1.165) is 44.2 Å². The average Bonchev–Trinajstić information content (AvgIpc) is 3.85. The van der Waals surface area contributed by atoms with Crippen molar-refractivity contribution in [2.75, 3.05) is 0 Å². The van der Waals surface area contributed by atoms with Gasteiger partial charge in [0, 0.05) is 36.5 Å². The summed E-state index contributed by atoms with van der Waals surface area (Å²) in [5, 5.41) is 10.7. The molecule has 51 heavy (non-hydrogen) atoms. The van der Waals surface area contributed by atoms with Crippen molar-refractivity contribution in [1.82, 2.24) is 9.97 Å². The molecule has 3 nitrogen and oxygen atoms in total. The number of para-hydroxylation sites is 1. The first-order valence-electron chi connectivity index (χ1n) is 17.2. The third-order valence-electron chi connectivity index (χ3n) is 10.8. The average molecular weight is 665 g/mol. The van der Waals surface area contributed by atoms with Crippen molar-refractivity contribution in [2.24, 2.45) is 0 Å². The Bertz CT molecular complexity index is 3280. The molecule has 0 N–H and O–H groups in total. The van der Waals surface area contributed by atoms with Gasteiger partial charge in [0.1, 0.15) is 11.1 Å². The molecule has 3 heterocycles. The van der Waals surface area contributed by atoms with E-state index in [1.807, 2.05) is 35.6 Å². The summed E-state index contributed by atoms with van der Waals surface area (Å²) in [7, 11) is 0. The molecule has 11 aromatic rings. The molecule has 3 aromatic heterocycles. The van der Waals surface area contributed by atoms with Crippen LogP contribution in [0.3, 0.4) is 0 Å². The molecule has 0 radical (unpaired) electrons. The number of fused-ring (bicyclic) bond motifs is 15. The highest BCUT2D eigenvalue weighted by Gasteiger charge is 2.38. The fourth-order valence-electron chi connectivity index (χ4n) is 8.56. The van der Waals surface area contributed by atoms with Gasteiger partial charge in [-0.05, 0) is 91.6 Å². The molecule has 1 aliphatic rings. The van der Waals surface area contributed by atoms with Crippen molar-refractivity contribution in [1.29, 1.82) is 0 Å². The smallest absolute Gasteiger partial charge is 0.246 e. The number of hydrogen-bond acceptors (Lipinski definition) is 4. The Hall–Kier alpha value is -6.54. The monoisotopic (exact) mass is 664 g/mol. The van der Waals surface area contributed by atoms with Crippen LogP contribution >= 0.6 is 11.3 Å². The van der Waals surface area contributed by atoms with Crippen LogP contribution in [-0.2, 0) is 0 Å². The number of furan rings is 1.